The van der Waals surface area contributed by atoms with Crippen LogP contribution >= 0.6 is 15.9 Å². The molecule has 160 valence electrons. The van der Waals surface area contributed by atoms with Gasteiger partial charge < -0.3 is 9.88 Å². The number of nitrogens with one attached hydrogen (secondary N) is 2. The predicted molar refractivity (Wildman–Crippen MR) is 97.9 cm³/mol. The molecule has 2 N–H and O–H groups in total. The summed E-state index contributed by atoms with van der Waals surface area (Å²) in [7, 11) is -2.80. The van der Waals surface area contributed by atoms with Crippen molar-refractivity contribution in [2.75, 3.05) is 11.9 Å². The van der Waals surface area contributed by atoms with E-state index >= 15 is 0 Å². The number of halogens is 6. The number of nitrogens with zero attached hydrogens (tertiary/aromatic N) is 1. The second-order valence-electron chi connectivity index (χ2n) is 5.97. The van der Waals surface area contributed by atoms with E-state index in [9.17, 15) is 35.2 Å². The van der Waals surface area contributed by atoms with Gasteiger partial charge in [0.2, 0.25) is 10.0 Å². The molecular formula is C16H15BrF5N3O3S. The summed E-state index contributed by atoms with van der Waals surface area (Å²) >= 11 is 2.70. The van der Waals surface area contributed by atoms with Crippen LogP contribution in [-0.4, -0.2) is 31.6 Å². The van der Waals surface area contributed by atoms with Crippen molar-refractivity contribution < 1.29 is 35.2 Å². The summed E-state index contributed by atoms with van der Waals surface area (Å²) in [5, 5.41) is 2.20. The van der Waals surface area contributed by atoms with Gasteiger partial charge in [0, 0.05) is 26.2 Å². The molecule has 0 aliphatic rings. The van der Waals surface area contributed by atoms with E-state index in [1.807, 2.05) is 4.72 Å². The molecule has 0 aliphatic carbocycles. The molecular weight excluding hydrogens is 489 g/mol. The van der Waals surface area contributed by atoms with Crippen LogP contribution in [0.2, 0.25) is 0 Å². The summed E-state index contributed by atoms with van der Waals surface area (Å²) in [5.74, 6) is -2.79. The maximum absolute atomic E-state index is 14.0. The maximum Gasteiger partial charge on any atom is 0.389 e. The molecule has 0 atom stereocenters. The molecule has 0 saturated carbocycles. The Morgan fingerprint density at radius 1 is 1.24 bits per heavy atom. The van der Waals surface area contributed by atoms with Crippen LogP contribution in [0.1, 0.15) is 23.3 Å². The molecule has 6 nitrogen and oxygen atoms in total. The van der Waals surface area contributed by atoms with E-state index in [1.54, 1.807) is 0 Å². The first-order valence-electron chi connectivity index (χ1n) is 7.99. The van der Waals surface area contributed by atoms with Gasteiger partial charge in [-0.15, -0.1) is 0 Å². The number of aryl methyl sites for hydroxylation is 1. The third-order valence-electron chi connectivity index (χ3n) is 3.74. The lowest BCUT2D eigenvalue weighted by Gasteiger charge is -2.08. The van der Waals surface area contributed by atoms with Gasteiger partial charge in [0.1, 0.15) is 16.4 Å². The highest BCUT2D eigenvalue weighted by Gasteiger charge is 2.27. The number of amides is 1. The molecule has 29 heavy (non-hydrogen) atoms. The predicted octanol–water partition coefficient (Wildman–Crippen LogP) is 3.94. The molecule has 1 aromatic heterocycles. The van der Waals surface area contributed by atoms with Gasteiger partial charge in [-0.2, -0.15) is 13.2 Å². The fourth-order valence-electron chi connectivity index (χ4n) is 2.29. The topological polar surface area (TPSA) is 80.2 Å². The number of carbonyl (C=O) groups excluding carboxylic acids is 1. The second kappa shape index (κ2) is 8.79. The van der Waals surface area contributed by atoms with E-state index in [2.05, 4.69) is 21.2 Å². The van der Waals surface area contributed by atoms with E-state index in [0.717, 1.165) is 29.0 Å². The van der Waals surface area contributed by atoms with E-state index < -0.39 is 57.6 Å². The normalized spacial score (nSPS) is 12.2. The maximum atomic E-state index is 14.0. The van der Waals surface area contributed by atoms with Crippen LogP contribution in [0.25, 0.3) is 0 Å². The van der Waals surface area contributed by atoms with Gasteiger partial charge in [0.05, 0.1) is 10.2 Å². The molecule has 13 heteroatoms. The molecule has 0 radical (unpaired) electrons. The van der Waals surface area contributed by atoms with Crippen molar-refractivity contribution in [3.63, 3.8) is 0 Å². The Hall–Kier alpha value is -1.99. The van der Waals surface area contributed by atoms with Gasteiger partial charge in [0.15, 0.2) is 5.82 Å². The lowest BCUT2D eigenvalue weighted by Crippen LogP contribution is -2.25. The molecule has 0 unspecified atom stereocenters. The average molecular weight is 504 g/mol. The molecule has 0 bridgehead atoms. The summed E-state index contributed by atoms with van der Waals surface area (Å²) < 4.78 is 90.7. The zero-order chi connectivity index (χ0) is 22.0. The molecule has 1 aromatic carbocycles. The van der Waals surface area contributed by atoms with Crippen molar-refractivity contribution in [1.29, 1.82) is 0 Å². The lowest BCUT2D eigenvalue weighted by atomic mass is 10.3. The number of anilines is 1. The van der Waals surface area contributed by atoms with Crippen molar-refractivity contribution in [2.45, 2.75) is 23.9 Å². The quantitative estimate of drug-likeness (QED) is 0.341. The number of carbonyl (C=O) groups is 1. The van der Waals surface area contributed by atoms with Crippen LogP contribution < -0.4 is 10.0 Å². The number of hydrogen-bond donors (Lipinski definition) is 2. The molecule has 2 aromatic rings. The third kappa shape index (κ3) is 6.00. The monoisotopic (exact) mass is 503 g/mol. The Kier molecular flexibility index (Phi) is 7.06. The summed E-state index contributed by atoms with van der Waals surface area (Å²) in [4.78, 5) is 12.0. The van der Waals surface area contributed by atoms with Crippen molar-refractivity contribution in [3.8, 4) is 0 Å². The van der Waals surface area contributed by atoms with Crippen molar-refractivity contribution >= 4 is 37.5 Å². The van der Waals surface area contributed by atoms with E-state index in [-0.39, 0.29) is 16.3 Å². The Balaban J connectivity index is 2.13. The first kappa shape index (κ1) is 23.3. The fourth-order valence-corrected chi connectivity index (χ4v) is 3.78. The molecule has 0 fully saturated rings. The minimum Gasteiger partial charge on any atom is -0.345 e. The SMILES string of the molecule is Cn1cc(S(=O)(=O)NCCCC(F)(F)F)cc1C(=O)Nc1ccc(F)c(Br)c1F. The Labute approximate surface area is 171 Å². The number of aromatic nitrogens is 1. The van der Waals surface area contributed by atoms with E-state index in [0.29, 0.717) is 0 Å². The van der Waals surface area contributed by atoms with Crippen LogP contribution in [0, 0.1) is 11.6 Å². The smallest absolute Gasteiger partial charge is 0.345 e. The first-order chi connectivity index (χ1) is 13.3. The Morgan fingerprint density at radius 2 is 1.90 bits per heavy atom. The van der Waals surface area contributed by atoms with Gasteiger partial charge in [-0.3, -0.25) is 4.79 Å². The molecule has 2 rings (SSSR count). The van der Waals surface area contributed by atoms with Gasteiger partial charge in [-0.05, 0) is 40.5 Å². The first-order valence-corrected chi connectivity index (χ1v) is 10.3. The zero-order valence-corrected chi connectivity index (χ0v) is 17.2. The van der Waals surface area contributed by atoms with Gasteiger partial charge >= 0.3 is 6.18 Å². The van der Waals surface area contributed by atoms with Crippen molar-refractivity contribution in [2.24, 2.45) is 7.05 Å². The van der Waals surface area contributed by atoms with Gasteiger partial charge in [-0.25, -0.2) is 21.9 Å². The van der Waals surface area contributed by atoms with Crippen LogP contribution in [0.15, 0.2) is 33.8 Å². The molecule has 1 heterocycles. The largest absolute Gasteiger partial charge is 0.389 e. The minimum atomic E-state index is -4.39. The molecule has 0 aliphatic heterocycles. The molecule has 0 spiro atoms. The summed E-state index contributed by atoms with van der Waals surface area (Å²) in [6, 6.07) is 2.91. The fraction of sp³-hybridized carbons (Fsp3) is 0.312. The highest BCUT2D eigenvalue weighted by Crippen LogP contribution is 2.26. The molecule has 0 saturated heterocycles. The van der Waals surface area contributed by atoms with Crippen LogP contribution in [0.4, 0.5) is 27.6 Å². The van der Waals surface area contributed by atoms with E-state index in [1.165, 1.54) is 7.05 Å². The highest BCUT2D eigenvalue weighted by molar-refractivity contribution is 9.10. The summed E-state index contributed by atoms with van der Waals surface area (Å²) in [6.07, 6.45) is -4.90. The molecule has 1 amide bonds. The lowest BCUT2D eigenvalue weighted by molar-refractivity contribution is -0.135. The van der Waals surface area contributed by atoms with Gasteiger partial charge in [0.25, 0.3) is 5.91 Å². The highest BCUT2D eigenvalue weighted by atomic mass is 79.9. The number of hydrogen-bond acceptors (Lipinski definition) is 3. The van der Waals surface area contributed by atoms with Gasteiger partial charge in [-0.1, -0.05) is 0 Å². The second-order valence-corrected chi connectivity index (χ2v) is 8.53. The standard InChI is InChI=1S/C16H15BrF5N3O3S/c1-25-8-9(29(27,28)23-6-2-5-16(20,21)22)7-12(25)15(26)24-11-4-3-10(18)13(17)14(11)19/h3-4,7-8,23H,2,5-6H2,1H3,(H,24,26). The van der Waals surface area contributed by atoms with Crippen molar-refractivity contribution in [3.05, 3.63) is 46.2 Å². The average Bonchev–Trinajstić information content (AvgIpc) is 3.01. The van der Waals surface area contributed by atoms with Crippen LogP contribution in [0.5, 0.6) is 0 Å². The van der Waals surface area contributed by atoms with Crippen LogP contribution in [-0.2, 0) is 17.1 Å². The third-order valence-corrected chi connectivity index (χ3v) is 5.89. The summed E-state index contributed by atoms with van der Waals surface area (Å²) in [5.41, 5.74) is -0.500. The number of rotatable bonds is 7. The Morgan fingerprint density at radius 3 is 2.52 bits per heavy atom. The number of benzene rings is 1. The Bertz CT molecular complexity index is 1020. The number of sulfonamides is 1. The van der Waals surface area contributed by atoms with Crippen LogP contribution in [0.3, 0.4) is 0 Å². The minimum absolute atomic E-state index is 0.166. The van der Waals surface area contributed by atoms with E-state index in [4.69, 9.17) is 0 Å². The number of alkyl halides is 3. The van der Waals surface area contributed by atoms with Crippen molar-refractivity contribution in [1.82, 2.24) is 9.29 Å². The summed E-state index contributed by atoms with van der Waals surface area (Å²) in [6.45, 7) is -0.437. The zero-order valence-electron chi connectivity index (χ0n) is 14.8.